The van der Waals surface area contributed by atoms with Crippen molar-refractivity contribution in [2.75, 3.05) is 56.1 Å². The fourth-order valence-corrected chi connectivity index (χ4v) is 3.49. The number of piperidine rings is 1. The summed E-state index contributed by atoms with van der Waals surface area (Å²) in [6, 6.07) is 0. The van der Waals surface area contributed by atoms with Gasteiger partial charge >= 0.3 is 0 Å². The molecule has 2 fully saturated rings. The first-order valence-corrected chi connectivity index (χ1v) is 8.60. The zero-order valence-electron chi connectivity index (χ0n) is 14.1. The molecule has 0 atom stereocenters. The quantitative estimate of drug-likeness (QED) is 0.827. The van der Waals surface area contributed by atoms with Crippen LogP contribution in [0.4, 0.5) is 11.8 Å². The third-order valence-corrected chi connectivity index (χ3v) is 5.00. The molecule has 2 aromatic rings. The molecule has 0 spiro atoms. The smallest absolute Gasteiger partial charge is 0.229 e. The summed E-state index contributed by atoms with van der Waals surface area (Å²) >= 11 is 0. The Morgan fingerprint density at radius 1 is 0.826 bits per heavy atom. The second kappa shape index (κ2) is 5.96. The fraction of sp³-hybridized carbons (Fsp3) is 0.688. The topological polar surface area (TPSA) is 53.3 Å². The minimum absolute atomic E-state index is 0.870. The van der Waals surface area contributed by atoms with Crippen LogP contribution < -0.4 is 9.80 Å². The van der Waals surface area contributed by atoms with Crippen molar-refractivity contribution >= 4 is 22.8 Å². The van der Waals surface area contributed by atoms with Gasteiger partial charge in [0.05, 0.1) is 11.6 Å². The minimum atomic E-state index is 0.870. The lowest BCUT2D eigenvalue weighted by Gasteiger charge is -2.34. The van der Waals surface area contributed by atoms with Crippen LogP contribution in [-0.4, -0.2) is 71.0 Å². The van der Waals surface area contributed by atoms with Crippen LogP contribution in [0.5, 0.6) is 0 Å². The molecule has 0 unspecified atom stereocenters. The lowest BCUT2D eigenvalue weighted by molar-refractivity contribution is 0.312. The highest BCUT2D eigenvalue weighted by atomic mass is 15.4. The first kappa shape index (κ1) is 14.7. The molecule has 2 aliphatic heterocycles. The number of hydrogen-bond donors (Lipinski definition) is 0. The van der Waals surface area contributed by atoms with Gasteiger partial charge in [-0.15, -0.1) is 0 Å². The SMILES string of the molecule is CN1CCN(c2nc(N3CCCCC3)nc3c2cnn3C)CC1. The molecule has 0 N–H and O–H groups in total. The molecule has 23 heavy (non-hydrogen) atoms. The summed E-state index contributed by atoms with van der Waals surface area (Å²) in [6.45, 7) is 6.29. The Bertz CT molecular complexity index is 681. The molecule has 7 nitrogen and oxygen atoms in total. The van der Waals surface area contributed by atoms with Gasteiger partial charge in [0, 0.05) is 46.3 Å². The maximum atomic E-state index is 4.96. The van der Waals surface area contributed by atoms with E-state index in [4.69, 9.17) is 9.97 Å². The number of nitrogens with zero attached hydrogens (tertiary/aromatic N) is 7. The molecule has 124 valence electrons. The zero-order valence-corrected chi connectivity index (χ0v) is 14.1. The summed E-state index contributed by atoms with van der Waals surface area (Å²) in [5.74, 6) is 1.92. The molecule has 7 heteroatoms. The number of aryl methyl sites for hydroxylation is 1. The van der Waals surface area contributed by atoms with Crippen molar-refractivity contribution in [3.8, 4) is 0 Å². The van der Waals surface area contributed by atoms with Crippen LogP contribution in [0, 0.1) is 0 Å². The van der Waals surface area contributed by atoms with Gasteiger partial charge in [0.25, 0.3) is 0 Å². The molecule has 0 bridgehead atoms. The average Bonchev–Trinajstić information content (AvgIpc) is 2.97. The van der Waals surface area contributed by atoms with Crippen LogP contribution >= 0.6 is 0 Å². The standard InChI is InChI=1S/C16H25N7/c1-20-8-10-22(11-9-20)15-13-12-17-21(2)14(13)18-16(19-15)23-6-4-3-5-7-23/h12H,3-11H2,1-2H3. The lowest BCUT2D eigenvalue weighted by atomic mass is 10.1. The summed E-state index contributed by atoms with van der Waals surface area (Å²) in [7, 11) is 4.14. The second-order valence-electron chi connectivity index (χ2n) is 6.69. The molecule has 0 amide bonds. The summed E-state index contributed by atoms with van der Waals surface area (Å²) in [6.07, 6.45) is 5.69. The minimum Gasteiger partial charge on any atom is -0.353 e. The van der Waals surface area contributed by atoms with Crippen LogP contribution in [0.1, 0.15) is 19.3 Å². The summed E-state index contributed by atoms with van der Waals surface area (Å²) < 4.78 is 1.87. The second-order valence-corrected chi connectivity index (χ2v) is 6.69. The molecule has 0 saturated carbocycles. The molecule has 0 radical (unpaired) electrons. The Morgan fingerprint density at radius 3 is 2.30 bits per heavy atom. The predicted molar refractivity (Wildman–Crippen MR) is 92.1 cm³/mol. The van der Waals surface area contributed by atoms with E-state index in [1.807, 2.05) is 17.9 Å². The lowest BCUT2D eigenvalue weighted by Crippen LogP contribution is -2.45. The van der Waals surface area contributed by atoms with Gasteiger partial charge in [-0.3, -0.25) is 4.68 Å². The monoisotopic (exact) mass is 315 g/mol. The molecule has 2 aromatic heterocycles. The van der Waals surface area contributed by atoms with E-state index in [1.165, 1.54) is 19.3 Å². The maximum absolute atomic E-state index is 4.96. The van der Waals surface area contributed by atoms with Crippen molar-refractivity contribution in [1.29, 1.82) is 0 Å². The molecule has 2 saturated heterocycles. The van der Waals surface area contributed by atoms with Gasteiger partial charge in [-0.05, 0) is 26.3 Å². The first-order valence-electron chi connectivity index (χ1n) is 8.60. The Kier molecular flexibility index (Phi) is 3.80. The van der Waals surface area contributed by atoms with Crippen LogP contribution in [0.15, 0.2) is 6.20 Å². The number of aromatic nitrogens is 4. The molecule has 0 aromatic carbocycles. The van der Waals surface area contributed by atoms with E-state index in [2.05, 4.69) is 26.8 Å². The third-order valence-electron chi connectivity index (χ3n) is 5.00. The molecule has 4 heterocycles. The predicted octanol–water partition coefficient (Wildman–Crippen LogP) is 1.11. The molecule has 4 rings (SSSR count). The van der Waals surface area contributed by atoms with Gasteiger partial charge < -0.3 is 14.7 Å². The van der Waals surface area contributed by atoms with Crippen LogP contribution in [0.25, 0.3) is 11.0 Å². The number of rotatable bonds is 2. The maximum Gasteiger partial charge on any atom is 0.229 e. The van der Waals surface area contributed by atoms with Crippen molar-refractivity contribution in [3.63, 3.8) is 0 Å². The van der Waals surface area contributed by atoms with Gasteiger partial charge in [0.15, 0.2) is 5.65 Å². The summed E-state index contributed by atoms with van der Waals surface area (Å²) in [5.41, 5.74) is 0.939. The fourth-order valence-electron chi connectivity index (χ4n) is 3.49. The Labute approximate surface area is 136 Å². The molecule has 0 aliphatic carbocycles. The van der Waals surface area contributed by atoms with E-state index in [0.717, 1.165) is 62.1 Å². The van der Waals surface area contributed by atoms with Crippen LogP contribution in [-0.2, 0) is 7.05 Å². The number of likely N-dealkylation sites (N-methyl/N-ethyl adjacent to an activating group) is 1. The summed E-state index contributed by atoms with van der Waals surface area (Å²) in [4.78, 5) is 16.8. The third kappa shape index (κ3) is 2.73. The van der Waals surface area contributed by atoms with Crippen molar-refractivity contribution in [2.45, 2.75) is 19.3 Å². The van der Waals surface area contributed by atoms with Gasteiger partial charge in [0.1, 0.15) is 5.82 Å². The van der Waals surface area contributed by atoms with E-state index in [0.29, 0.717) is 0 Å². The Hall–Kier alpha value is -1.89. The first-order chi connectivity index (χ1) is 11.2. The van der Waals surface area contributed by atoms with Gasteiger partial charge in [0.2, 0.25) is 5.95 Å². The normalized spacial score (nSPS) is 20.4. The van der Waals surface area contributed by atoms with E-state index < -0.39 is 0 Å². The Morgan fingerprint density at radius 2 is 1.57 bits per heavy atom. The summed E-state index contributed by atoms with van der Waals surface area (Å²) in [5, 5.41) is 5.48. The van der Waals surface area contributed by atoms with Crippen molar-refractivity contribution in [3.05, 3.63) is 6.20 Å². The van der Waals surface area contributed by atoms with E-state index in [1.54, 1.807) is 0 Å². The van der Waals surface area contributed by atoms with Crippen LogP contribution in [0.2, 0.25) is 0 Å². The van der Waals surface area contributed by atoms with E-state index >= 15 is 0 Å². The molecule has 2 aliphatic rings. The van der Waals surface area contributed by atoms with E-state index in [9.17, 15) is 0 Å². The zero-order chi connectivity index (χ0) is 15.8. The van der Waals surface area contributed by atoms with Crippen LogP contribution in [0.3, 0.4) is 0 Å². The number of anilines is 2. The van der Waals surface area contributed by atoms with Crippen molar-refractivity contribution in [2.24, 2.45) is 7.05 Å². The van der Waals surface area contributed by atoms with Gasteiger partial charge in [-0.2, -0.15) is 15.1 Å². The van der Waals surface area contributed by atoms with Gasteiger partial charge in [-0.1, -0.05) is 0 Å². The highest BCUT2D eigenvalue weighted by Gasteiger charge is 2.23. The molecular formula is C16H25N7. The largest absolute Gasteiger partial charge is 0.353 e. The van der Waals surface area contributed by atoms with E-state index in [-0.39, 0.29) is 0 Å². The average molecular weight is 315 g/mol. The number of piperazine rings is 1. The number of hydrogen-bond acceptors (Lipinski definition) is 6. The van der Waals surface area contributed by atoms with Gasteiger partial charge in [-0.25, -0.2) is 0 Å². The molecular weight excluding hydrogens is 290 g/mol. The number of fused-ring (bicyclic) bond motifs is 1. The highest BCUT2D eigenvalue weighted by Crippen LogP contribution is 2.28. The van der Waals surface area contributed by atoms with Crippen molar-refractivity contribution < 1.29 is 0 Å². The Balaban J connectivity index is 1.75. The highest BCUT2D eigenvalue weighted by molar-refractivity contribution is 5.88. The van der Waals surface area contributed by atoms with Crippen molar-refractivity contribution in [1.82, 2.24) is 24.6 Å².